The third-order valence-electron chi connectivity index (χ3n) is 6.13. The van der Waals surface area contributed by atoms with E-state index in [2.05, 4.69) is 43.3 Å². The van der Waals surface area contributed by atoms with E-state index in [0.717, 1.165) is 22.3 Å². The van der Waals surface area contributed by atoms with E-state index in [1.807, 2.05) is 30.3 Å². The second-order valence-electron chi connectivity index (χ2n) is 7.95. The van der Waals surface area contributed by atoms with Crippen molar-refractivity contribution in [2.75, 3.05) is 6.54 Å². The van der Waals surface area contributed by atoms with Crippen LogP contribution in [0, 0.1) is 30.0 Å². The number of ether oxygens (including phenoxy) is 2. The predicted molar refractivity (Wildman–Crippen MR) is 126 cm³/mol. The predicted octanol–water partition coefficient (Wildman–Crippen LogP) is 5.24. The molecule has 5 nitrogen and oxygen atoms in total. The minimum Gasteiger partial charge on any atom is -0.388 e. The fourth-order valence-electron chi connectivity index (χ4n) is 4.63. The van der Waals surface area contributed by atoms with Crippen LogP contribution < -0.4 is 15.2 Å². The molecule has 4 rings (SSSR count). The van der Waals surface area contributed by atoms with Crippen molar-refractivity contribution in [3.63, 3.8) is 0 Å². The first-order valence-corrected chi connectivity index (χ1v) is 10.6. The van der Waals surface area contributed by atoms with Gasteiger partial charge in [0, 0.05) is 17.9 Å². The molecule has 0 fully saturated rings. The zero-order valence-electron chi connectivity index (χ0n) is 18.2. The highest BCUT2D eigenvalue weighted by Crippen LogP contribution is 2.51. The van der Waals surface area contributed by atoms with Gasteiger partial charge < -0.3 is 15.2 Å². The lowest BCUT2D eigenvalue weighted by Gasteiger charge is -2.43. The Balaban J connectivity index is 1.96. The summed E-state index contributed by atoms with van der Waals surface area (Å²) in [5.41, 5.74) is 11.2. The Morgan fingerprint density at radius 2 is 1.33 bits per heavy atom. The van der Waals surface area contributed by atoms with Crippen molar-refractivity contribution in [3.05, 3.63) is 119 Å². The number of hydrogen-bond acceptors (Lipinski definition) is 5. The molecule has 3 aromatic rings. The van der Waals surface area contributed by atoms with E-state index >= 15 is 0 Å². The van der Waals surface area contributed by atoms with E-state index in [9.17, 15) is 0 Å². The highest BCUT2D eigenvalue weighted by molar-refractivity contribution is 5.57. The summed E-state index contributed by atoms with van der Waals surface area (Å²) in [6.07, 6.45) is 9.76. The number of nitrogens with zero attached hydrogens (tertiary/aromatic N) is 2. The van der Waals surface area contributed by atoms with Crippen LogP contribution >= 0.6 is 0 Å². The van der Waals surface area contributed by atoms with E-state index in [4.69, 9.17) is 25.7 Å². The summed E-state index contributed by atoms with van der Waals surface area (Å²) in [7, 11) is 0. The Hall–Kier alpha value is -4.32. The molecule has 0 bridgehead atoms. The van der Waals surface area contributed by atoms with Gasteiger partial charge in [0.25, 0.3) is 12.5 Å². The molecule has 0 aromatic heterocycles. The Bertz CT molecular complexity index is 1200. The fourth-order valence-corrected chi connectivity index (χ4v) is 4.63. The molecular formula is C28H23N3O2. The first-order valence-electron chi connectivity index (χ1n) is 10.6. The molecule has 1 aliphatic rings. The van der Waals surface area contributed by atoms with Gasteiger partial charge in [-0.3, -0.25) is 0 Å². The normalized spacial score (nSPS) is 16.2. The zero-order valence-corrected chi connectivity index (χ0v) is 18.2. The molecule has 0 amide bonds. The minimum absolute atomic E-state index is 0.0569. The molecule has 1 atom stereocenters. The smallest absolute Gasteiger partial charge is 0.292 e. The third-order valence-corrected chi connectivity index (χ3v) is 6.13. The van der Waals surface area contributed by atoms with Crippen molar-refractivity contribution in [1.82, 2.24) is 0 Å². The van der Waals surface area contributed by atoms with Crippen LogP contribution in [0.1, 0.15) is 28.2 Å². The van der Waals surface area contributed by atoms with Crippen molar-refractivity contribution < 1.29 is 9.47 Å². The molecule has 33 heavy (non-hydrogen) atoms. The van der Waals surface area contributed by atoms with E-state index in [0.29, 0.717) is 18.0 Å². The van der Waals surface area contributed by atoms with Crippen LogP contribution in [0.15, 0.2) is 96.6 Å². The van der Waals surface area contributed by atoms with Crippen LogP contribution in [-0.4, -0.2) is 6.54 Å². The summed E-state index contributed by atoms with van der Waals surface area (Å²) in [5.74, 6) is 0.907. The lowest BCUT2D eigenvalue weighted by Crippen LogP contribution is -2.37. The SMILES string of the molecule is Cc1ccc(C2C(CN)=CC=CC2(c2ccc(OC#N)cc2)c2ccc(OC#N)cc2)cc1. The molecule has 0 saturated heterocycles. The number of nitriles is 2. The van der Waals surface area contributed by atoms with Crippen molar-refractivity contribution in [2.24, 2.45) is 5.73 Å². The topological polar surface area (TPSA) is 92.1 Å². The summed E-state index contributed by atoms with van der Waals surface area (Å²) in [4.78, 5) is 0. The number of aryl methyl sites for hydroxylation is 1. The molecule has 0 radical (unpaired) electrons. The van der Waals surface area contributed by atoms with Gasteiger partial charge in [0.2, 0.25) is 0 Å². The van der Waals surface area contributed by atoms with Gasteiger partial charge in [0.15, 0.2) is 0 Å². The van der Waals surface area contributed by atoms with Gasteiger partial charge in [0.1, 0.15) is 11.5 Å². The number of nitrogens with two attached hydrogens (primary N) is 1. The maximum absolute atomic E-state index is 8.88. The molecule has 162 valence electrons. The van der Waals surface area contributed by atoms with Gasteiger partial charge in [-0.2, -0.15) is 0 Å². The van der Waals surface area contributed by atoms with Gasteiger partial charge in [-0.25, -0.2) is 0 Å². The Morgan fingerprint density at radius 3 is 1.79 bits per heavy atom. The van der Waals surface area contributed by atoms with Crippen molar-refractivity contribution in [2.45, 2.75) is 18.3 Å². The number of benzene rings is 3. The molecule has 0 heterocycles. The summed E-state index contributed by atoms with van der Waals surface area (Å²) >= 11 is 0. The zero-order chi connectivity index (χ0) is 23.3. The quantitative estimate of drug-likeness (QED) is 0.537. The number of allylic oxidation sites excluding steroid dienone is 3. The van der Waals surface area contributed by atoms with Gasteiger partial charge in [-0.1, -0.05) is 72.3 Å². The number of rotatable bonds is 6. The summed E-state index contributed by atoms with van der Waals surface area (Å²) in [5, 5.41) is 17.8. The fraction of sp³-hybridized carbons (Fsp3) is 0.143. The standard InChI is InChI=1S/C28H23N3O2/c1-20-4-6-21(7-5-20)27-22(17-29)3-2-16-28(27,23-8-12-25(13-9-23)32-18-30)24-10-14-26(15-11-24)33-19-31/h2-16,27H,17,29H2,1H3. The summed E-state index contributed by atoms with van der Waals surface area (Å²) in [6, 6.07) is 23.7. The van der Waals surface area contributed by atoms with Crippen LogP contribution in [-0.2, 0) is 5.41 Å². The highest BCUT2D eigenvalue weighted by atomic mass is 16.5. The van der Waals surface area contributed by atoms with E-state index < -0.39 is 5.41 Å². The van der Waals surface area contributed by atoms with Gasteiger partial charge in [0.05, 0.1) is 0 Å². The Labute approximate surface area is 193 Å². The van der Waals surface area contributed by atoms with E-state index in [1.54, 1.807) is 36.8 Å². The molecule has 0 saturated carbocycles. The highest BCUT2D eigenvalue weighted by Gasteiger charge is 2.43. The van der Waals surface area contributed by atoms with Crippen molar-refractivity contribution in [3.8, 4) is 24.0 Å². The molecule has 1 aliphatic carbocycles. The van der Waals surface area contributed by atoms with Crippen LogP contribution in [0.4, 0.5) is 0 Å². The van der Waals surface area contributed by atoms with Gasteiger partial charge in [-0.05, 0) is 53.5 Å². The van der Waals surface area contributed by atoms with Crippen LogP contribution in [0.3, 0.4) is 0 Å². The van der Waals surface area contributed by atoms with Crippen molar-refractivity contribution in [1.29, 1.82) is 10.5 Å². The van der Waals surface area contributed by atoms with Crippen LogP contribution in [0.5, 0.6) is 11.5 Å². The monoisotopic (exact) mass is 433 g/mol. The third kappa shape index (κ3) is 4.11. The van der Waals surface area contributed by atoms with E-state index in [1.165, 1.54) is 5.56 Å². The average Bonchev–Trinajstić information content (AvgIpc) is 2.85. The lowest BCUT2D eigenvalue weighted by molar-refractivity contribution is 0.500. The average molecular weight is 434 g/mol. The molecule has 1 unspecified atom stereocenters. The number of hydrogen-bond donors (Lipinski definition) is 1. The van der Waals surface area contributed by atoms with Gasteiger partial charge >= 0.3 is 0 Å². The molecule has 3 aromatic carbocycles. The molecule has 0 spiro atoms. The molecule has 0 aliphatic heterocycles. The maximum atomic E-state index is 8.88. The van der Waals surface area contributed by atoms with Crippen LogP contribution in [0.25, 0.3) is 0 Å². The Kier molecular flexibility index (Phi) is 6.26. The maximum Gasteiger partial charge on any atom is 0.292 e. The van der Waals surface area contributed by atoms with Crippen LogP contribution in [0.2, 0.25) is 0 Å². The first kappa shape index (κ1) is 21.9. The van der Waals surface area contributed by atoms with Gasteiger partial charge in [-0.15, -0.1) is 10.5 Å². The second-order valence-corrected chi connectivity index (χ2v) is 7.95. The summed E-state index contributed by atoms with van der Waals surface area (Å²) in [6.45, 7) is 2.48. The first-order chi connectivity index (χ1) is 16.1. The minimum atomic E-state index is -0.574. The summed E-state index contributed by atoms with van der Waals surface area (Å²) < 4.78 is 10.0. The molecule has 5 heteroatoms. The largest absolute Gasteiger partial charge is 0.388 e. The van der Waals surface area contributed by atoms with E-state index in [-0.39, 0.29) is 5.92 Å². The Morgan fingerprint density at radius 1 is 0.818 bits per heavy atom. The lowest BCUT2D eigenvalue weighted by atomic mass is 9.59. The molecule has 2 N–H and O–H groups in total. The molecular weight excluding hydrogens is 410 g/mol. The van der Waals surface area contributed by atoms with Crippen molar-refractivity contribution >= 4 is 0 Å². The second kappa shape index (κ2) is 9.44.